The Bertz CT molecular complexity index is 2850. The second-order valence-corrected chi connectivity index (χ2v) is 21.6. The maximum Gasteiger partial charge on any atom is 1.00 e. The molecular weight excluding hydrogens is 967 g/mol. The van der Waals surface area contributed by atoms with Gasteiger partial charge < -0.3 is 21.1 Å². The number of anilines is 4. The van der Waals surface area contributed by atoms with Crippen LogP contribution in [0.5, 0.6) is 11.5 Å². The van der Waals surface area contributed by atoms with E-state index in [1.807, 2.05) is 0 Å². The summed E-state index contributed by atoms with van der Waals surface area (Å²) in [6.45, 7) is 3.46. The molecule has 0 aromatic heterocycles. The minimum absolute atomic E-state index is 0. The maximum atomic E-state index is 12.5. The zero-order chi connectivity index (χ0) is 47.6. The Hall–Kier alpha value is -5.91. The molecule has 0 aliphatic heterocycles. The Morgan fingerprint density at radius 3 is 1.25 bits per heavy atom. The van der Waals surface area contributed by atoms with Crippen LogP contribution in [0.4, 0.5) is 22.7 Å². The van der Waals surface area contributed by atoms with Gasteiger partial charge in [0.1, 0.15) is 22.9 Å². The molecule has 0 amide bonds. The van der Waals surface area contributed by atoms with Gasteiger partial charge in [-0.05, 0) is 71.8 Å². The molecule has 0 bridgehead atoms. The van der Waals surface area contributed by atoms with Crippen molar-refractivity contribution in [1.29, 1.82) is 0 Å². The first kappa shape index (κ1) is 53.4. The number of phenols is 2. The Kier molecular flexibility index (Phi) is 18.4. The number of carbonyl (C=O) groups excluding carboxylic acids is 2. The van der Waals surface area contributed by atoms with Gasteiger partial charge in [0.05, 0.1) is 63.2 Å². The van der Waals surface area contributed by atoms with Crippen molar-refractivity contribution < 1.29 is 77.4 Å². The van der Waals surface area contributed by atoms with E-state index >= 15 is 0 Å². The predicted molar refractivity (Wildman–Crippen MR) is 247 cm³/mol. The van der Waals surface area contributed by atoms with Gasteiger partial charge in [0.25, 0.3) is 0 Å². The van der Waals surface area contributed by atoms with Crippen molar-refractivity contribution in [3.8, 4) is 11.5 Å². The summed E-state index contributed by atoms with van der Waals surface area (Å²) < 4.78 is 99.9. The SMILES string of the molecule is CCS(=O)(=O)c1ccc(O)c(N/N=C2\C(=O)C=Cc3cccc(NS(C)(=O)=O)c32)c1.CCS(=O)(=O)c1ccc(O)c(N/N=C2\C(=O)C=Cc3cccc(NS(C)(=O)=O)c32)c1.NCCO.[Cr].[H+]. The number of nitrogens with zero attached hydrogens (tertiary/aromatic N) is 2. The second-order valence-electron chi connectivity index (χ2n) is 13.5. The molecule has 0 radical (unpaired) electrons. The minimum atomic E-state index is -3.62. The number of sulfonamides is 2. The fourth-order valence-corrected chi connectivity index (χ4v) is 8.59. The van der Waals surface area contributed by atoms with Crippen molar-refractivity contribution >= 4 is 97.6 Å². The summed E-state index contributed by atoms with van der Waals surface area (Å²) in [6, 6.07) is 17.0. The number of rotatable bonds is 13. The summed E-state index contributed by atoms with van der Waals surface area (Å²) in [5.74, 6) is -1.76. The van der Waals surface area contributed by atoms with Crippen molar-refractivity contribution in [2.45, 2.75) is 23.6 Å². The van der Waals surface area contributed by atoms with E-state index in [0.717, 1.165) is 12.5 Å². The van der Waals surface area contributed by atoms with Gasteiger partial charge in [0.15, 0.2) is 19.7 Å². The number of sulfone groups is 2. The number of phenolic OH excluding ortho intramolecular Hbond substituents is 2. The number of nitrogens with two attached hydrogens (primary N) is 1. The third-order valence-corrected chi connectivity index (χ3v) is 13.3. The molecule has 9 N–H and O–H groups in total. The first-order chi connectivity index (χ1) is 29.9. The number of fused-ring (bicyclic) bond motifs is 2. The van der Waals surface area contributed by atoms with E-state index in [4.69, 9.17) is 10.8 Å². The van der Waals surface area contributed by atoms with Crippen LogP contribution in [0.2, 0.25) is 0 Å². The summed E-state index contributed by atoms with van der Waals surface area (Å²) in [7, 11) is -14.3. The number of nitrogens with one attached hydrogen (secondary N) is 4. The van der Waals surface area contributed by atoms with E-state index in [2.05, 4.69) is 30.5 Å². The number of carbonyl (C=O) groups is 2. The van der Waals surface area contributed by atoms with Crippen molar-refractivity contribution in [3.05, 3.63) is 107 Å². The number of allylic oxidation sites excluding steroid dienone is 2. The zero-order valence-electron chi connectivity index (χ0n) is 36.0. The summed E-state index contributed by atoms with van der Waals surface area (Å²) in [5.41, 5.74) is 11.6. The van der Waals surface area contributed by atoms with E-state index in [9.17, 15) is 53.5 Å². The normalized spacial score (nSPS) is 14.4. The van der Waals surface area contributed by atoms with E-state index in [1.54, 1.807) is 24.3 Å². The monoisotopic (exact) mass is 1010 g/mol. The Morgan fingerprint density at radius 2 is 0.938 bits per heavy atom. The smallest absolute Gasteiger partial charge is 0.506 e. The van der Waals surface area contributed by atoms with Crippen LogP contribution in [-0.4, -0.2) is 109 Å². The molecule has 6 rings (SSSR count). The van der Waals surface area contributed by atoms with Gasteiger partial charge in [-0.3, -0.25) is 29.9 Å². The number of hydrogen-bond acceptors (Lipinski definition) is 18. The van der Waals surface area contributed by atoms with E-state index in [0.29, 0.717) is 17.7 Å². The molecule has 0 saturated carbocycles. The van der Waals surface area contributed by atoms with Crippen LogP contribution in [0.25, 0.3) is 12.2 Å². The standard InChI is InChI=1S/2C19H19N3O6S2.C2H7NO.Cr/c2*1-3-30(27,28)13-8-10-16(23)15(11-13)20-21-19-17(24)9-7-12-5-4-6-14(18(12)19)22-29(2,25)26;3-1-2-4;/h2*4-11,20,22-23H,3H2,1-2H3;4H,1-3H2;/p+1/b2*21-19+;;. The van der Waals surface area contributed by atoms with Crippen LogP contribution >= 0.6 is 0 Å². The van der Waals surface area contributed by atoms with Gasteiger partial charge >= 0.3 is 1.43 Å². The van der Waals surface area contributed by atoms with Crippen molar-refractivity contribution in [3.63, 3.8) is 0 Å². The largest absolute Gasteiger partial charge is 1.00 e. The fourth-order valence-electron chi connectivity index (χ4n) is 5.64. The topological polar surface area (TPSA) is 330 Å². The van der Waals surface area contributed by atoms with Crippen LogP contribution in [-0.2, 0) is 66.7 Å². The molecule has 0 unspecified atom stereocenters. The molecule has 4 aromatic rings. The third kappa shape index (κ3) is 14.3. The van der Waals surface area contributed by atoms with Gasteiger partial charge in [-0.15, -0.1) is 0 Å². The van der Waals surface area contributed by atoms with E-state index in [-0.39, 0.29) is 103 Å². The van der Waals surface area contributed by atoms with E-state index < -0.39 is 51.3 Å². The Labute approximate surface area is 388 Å². The molecule has 0 atom stereocenters. The van der Waals surface area contributed by atoms with Crippen LogP contribution in [0.15, 0.2) is 105 Å². The zero-order valence-corrected chi connectivity index (χ0v) is 39.5. The third-order valence-electron chi connectivity index (χ3n) is 8.67. The van der Waals surface area contributed by atoms with Crippen molar-refractivity contribution in [2.75, 3.05) is 57.5 Å². The molecule has 25 heteroatoms. The van der Waals surface area contributed by atoms with Crippen molar-refractivity contribution in [1.82, 2.24) is 0 Å². The molecular formula is C40H46CrN7O13S4+. The number of aromatic hydroxyl groups is 2. The van der Waals surface area contributed by atoms with Gasteiger partial charge in [-0.2, -0.15) is 10.2 Å². The molecule has 0 heterocycles. The average molecular weight is 1010 g/mol. The summed E-state index contributed by atoms with van der Waals surface area (Å²) in [5, 5.41) is 36.0. The van der Waals surface area contributed by atoms with E-state index in [1.165, 1.54) is 86.7 Å². The van der Waals surface area contributed by atoms with Crippen LogP contribution in [0, 0.1) is 0 Å². The van der Waals surface area contributed by atoms with Gasteiger partial charge in [-0.25, -0.2) is 33.7 Å². The Morgan fingerprint density at radius 1 is 0.585 bits per heavy atom. The maximum absolute atomic E-state index is 12.5. The van der Waals surface area contributed by atoms with Crippen LogP contribution < -0.4 is 26.0 Å². The molecule has 0 fully saturated rings. The fraction of sp³-hybridized carbons (Fsp3) is 0.200. The van der Waals surface area contributed by atoms with Crippen LogP contribution in [0.1, 0.15) is 37.5 Å². The number of aliphatic hydroxyl groups excluding tert-OH is 1. The number of hydrazone groups is 2. The van der Waals surface area contributed by atoms with Gasteiger partial charge in [0.2, 0.25) is 31.6 Å². The number of aliphatic hydroxyl groups is 1. The first-order valence-corrected chi connectivity index (χ1v) is 25.8. The quantitative estimate of drug-likeness (QED) is 0.0705. The van der Waals surface area contributed by atoms with Crippen LogP contribution in [0.3, 0.4) is 0 Å². The number of ketones is 2. The molecule has 65 heavy (non-hydrogen) atoms. The molecule has 2 aliphatic rings. The molecule has 20 nitrogen and oxygen atoms in total. The molecule has 348 valence electrons. The predicted octanol–water partition coefficient (Wildman–Crippen LogP) is 2.99. The Balaban J connectivity index is 0.000000408. The summed E-state index contributed by atoms with van der Waals surface area (Å²) in [6.07, 6.45) is 7.61. The molecule has 0 saturated heterocycles. The second kappa shape index (κ2) is 22.3. The van der Waals surface area contributed by atoms with Crippen molar-refractivity contribution in [2.24, 2.45) is 15.9 Å². The molecule has 4 aromatic carbocycles. The number of benzene rings is 4. The first-order valence-electron chi connectivity index (χ1n) is 18.7. The molecule has 2 aliphatic carbocycles. The number of hydrogen-bond donors (Lipinski definition) is 8. The average Bonchev–Trinajstić information content (AvgIpc) is 3.23. The van der Waals surface area contributed by atoms with Gasteiger partial charge in [0, 0.05) is 35.0 Å². The summed E-state index contributed by atoms with van der Waals surface area (Å²) >= 11 is 0. The van der Waals surface area contributed by atoms with Gasteiger partial charge in [-0.1, -0.05) is 50.3 Å². The minimum Gasteiger partial charge on any atom is -0.506 e. The summed E-state index contributed by atoms with van der Waals surface area (Å²) in [4.78, 5) is 24.9. The molecule has 0 spiro atoms.